The number of carbonyl (C=O) groups excluding carboxylic acids is 2. The topological polar surface area (TPSA) is 92.0 Å². The van der Waals surface area contributed by atoms with Gasteiger partial charge in [-0.2, -0.15) is 0 Å². The minimum Gasteiger partial charge on any atom is -0.481 e. The van der Waals surface area contributed by atoms with Crippen LogP contribution in [0.5, 0.6) is 5.75 Å². The number of fused-ring (bicyclic) bond motifs is 2. The van der Waals surface area contributed by atoms with Gasteiger partial charge in [-0.3, -0.25) is 4.79 Å². The lowest BCUT2D eigenvalue weighted by Crippen LogP contribution is -2.47. The lowest BCUT2D eigenvalue weighted by Gasteiger charge is -2.34. The Morgan fingerprint density at radius 1 is 1.23 bits per heavy atom. The van der Waals surface area contributed by atoms with E-state index in [4.69, 9.17) is 18.6 Å². The second-order valence-electron chi connectivity index (χ2n) is 8.63. The Labute approximate surface area is 181 Å². The first-order valence-electron chi connectivity index (χ1n) is 10.3. The van der Waals surface area contributed by atoms with Crippen molar-refractivity contribution in [1.82, 2.24) is 0 Å². The molecule has 7 nitrogen and oxygen atoms in total. The lowest BCUT2D eigenvalue weighted by atomic mass is 9.93. The SMILES string of the molecule is CCC(C)C(=O)OC(C)(C)C1Oc2cc3oc(=O)ccc3cc2C1OC(=O)C=C(C)C. The van der Waals surface area contributed by atoms with E-state index in [2.05, 4.69) is 0 Å². The van der Waals surface area contributed by atoms with Gasteiger partial charge >= 0.3 is 17.6 Å². The highest BCUT2D eigenvalue weighted by Gasteiger charge is 2.49. The molecule has 0 radical (unpaired) electrons. The molecule has 1 aromatic heterocycles. The summed E-state index contributed by atoms with van der Waals surface area (Å²) in [6.07, 6.45) is 0.444. The molecule has 2 aromatic rings. The summed E-state index contributed by atoms with van der Waals surface area (Å²) >= 11 is 0. The van der Waals surface area contributed by atoms with E-state index in [0.29, 0.717) is 28.7 Å². The molecule has 3 atom stereocenters. The Kier molecular flexibility index (Phi) is 6.25. The van der Waals surface area contributed by atoms with Gasteiger partial charge in [0.2, 0.25) is 0 Å². The fourth-order valence-corrected chi connectivity index (χ4v) is 3.41. The van der Waals surface area contributed by atoms with E-state index in [1.807, 2.05) is 6.92 Å². The standard InChI is InChI=1S/C24H28O7/c1-7-14(4)23(27)31-24(5,6)22-21(30-20(26)10-13(2)3)16-11-15-8-9-19(25)28-17(15)12-18(16)29-22/h8-12,14,21-22H,7H2,1-6H3. The number of rotatable bonds is 6. The van der Waals surface area contributed by atoms with Crippen LogP contribution in [0.2, 0.25) is 0 Å². The predicted molar refractivity (Wildman–Crippen MR) is 115 cm³/mol. The Hall–Kier alpha value is -3.09. The van der Waals surface area contributed by atoms with Crippen LogP contribution in [0.15, 0.2) is 45.1 Å². The van der Waals surface area contributed by atoms with Crippen LogP contribution < -0.4 is 10.4 Å². The maximum atomic E-state index is 12.5. The zero-order valence-electron chi connectivity index (χ0n) is 18.7. The molecule has 1 aliphatic rings. The van der Waals surface area contributed by atoms with Crippen molar-refractivity contribution in [2.45, 2.75) is 65.8 Å². The van der Waals surface area contributed by atoms with Crippen molar-refractivity contribution in [3.05, 3.63) is 51.9 Å². The molecule has 0 aliphatic carbocycles. The number of esters is 2. The minimum absolute atomic E-state index is 0.272. The van der Waals surface area contributed by atoms with Crippen molar-refractivity contribution in [3.8, 4) is 5.75 Å². The van der Waals surface area contributed by atoms with E-state index in [1.165, 1.54) is 12.1 Å². The van der Waals surface area contributed by atoms with Gasteiger partial charge in [-0.15, -0.1) is 0 Å². The summed E-state index contributed by atoms with van der Waals surface area (Å²) in [5.41, 5.74) is 0.202. The predicted octanol–water partition coefficient (Wildman–Crippen LogP) is 4.47. The molecule has 1 aromatic carbocycles. The fraction of sp³-hybridized carbons (Fsp3) is 0.458. The number of hydrogen-bond donors (Lipinski definition) is 0. The third kappa shape index (κ3) is 4.81. The van der Waals surface area contributed by atoms with Crippen LogP contribution in [0.4, 0.5) is 0 Å². The molecule has 7 heteroatoms. The highest BCUT2D eigenvalue weighted by Crippen LogP contribution is 2.45. The van der Waals surface area contributed by atoms with Crippen LogP contribution in [0.3, 0.4) is 0 Å². The van der Waals surface area contributed by atoms with E-state index >= 15 is 0 Å². The summed E-state index contributed by atoms with van der Waals surface area (Å²) in [7, 11) is 0. The normalized spacial score (nSPS) is 18.6. The zero-order valence-corrected chi connectivity index (χ0v) is 18.7. The quantitative estimate of drug-likeness (QED) is 0.381. The molecule has 0 saturated carbocycles. The third-order valence-electron chi connectivity index (χ3n) is 5.30. The van der Waals surface area contributed by atoms with E-state index in [9.17, 15) is 14.4 Å². The maximum Gasteiger partial charge on any atom is 0.336 e. The molecule has 0 N–H and O–H groups in total. The summed E-state index contributed by atoms with van der Waals surface area (Å²) in [5.74, 6) is -0.728. The first kappa shape index (κ1) is 22.6. The first-order chi connectivity index (χ1) is 14.5. The van der Waals surface area contributed by atoms with E-state index < -0.39 is 29.4 Å². The number of allylic oxidation sites excluding steroid dienone is 1. The van der Waals surface area contributed by atoms with Crippen molar-refractivity contribution in [2.75, 3.05) is 0 Å². The van der Waals surface area contributed by atoms with Crippen LogP contribution in [0.25, 0.3) is 11.0 Å². The zero-order chi connectivity index (χ0) is 22.9. The van der Waals surface area contributed by atoms with Gasteiger partial charge in [0.1, 0.15) is 16.9 Å². The molecular formula is C24H28O7. The van der Waals surface area contributed by atoms with Crippen molar-refractivity contribution < 1.29 is 28.2 Å². The monoisotopic (exact) mass is 428 g/mol. The first-order valence-corrected chi connectivity index (χ1v) is 10.3. The van der Waals surface area contributed by atoms with Crippen LogP contribution in [-0.4, -0.2) is 23.6 Å². The Balaban J connectivity index is 2.03. The summed E-state index contributed by atoms with van der Waals surface area (Å²) in [6, 6.07) is 6.32. The highest BCUT2D eigenvalue weighted by molar-refractivity contribution is 5.84. The lowest BCUT2D eigenvalue weighted by molar-refractivity contribution is -0.179. The third-order valence-corrected chi connectivity index (χ3v) is 5.30. The molecule has 0 amide bonds. The second-order valence-corrected chi connectivity index (χ2v) is 8.63. The molecular weight excluding hydrogens is 400 g/mol. The van der Waals surface area contributed by atoms with Crippen LogP contribution in [-0.2, 0) is 19.1 Å². The average Bonchev–Trinajstić information content (AvgIpc) is 3.02. The number of hydrogen-bond acceptors (Lipinski definition) is 7. The van der Waals surface area contributed by atoms with Crippen molar-refractivity contribution in [2.24, 2.45) is 5.92 Å². The summed E-state index contributed by atoms with van der Waals surface area (Å²) < 4.78 is 22.9. The van der Waals surface area contributed by atoms with Crippen LogP contribution in [0, 0.1) is 5.92 Å². The molecule has 0 fully saturated rings. The van der Waals surface area contributed by atoms with E-state index in [-0.39, 0.29) is 11.9 Å². The summed E-state index contributed by atoms with van der Waals surface area (Å²) in [6.45, 7) is 10.8. The van der Waals surface area contributed by atoms with Gasteiger partial charge in [-0.25, -0.2) is 9.59 Å². The summed E-state index contributed by atoms with van der Waals surface area (Å²) in [4.78, 5) is 36.5. The average molecular weight is 428 g/mol. The number of ether oxygens (including phenoxy) is 3. The number of carbonyl (C=O) groups is 2. The van der Waals surface area contributed by atoms with Crippen LogP contribution in [0.1, 0.15) is 59.6 Å². The Bertz CT molecular complexity index is 1090. The van der Waals surface area contributed by atoms with Gasteiger partial charge in [0.25, 0.3) is 0 Å². The minimum atomic E-state index is -1.09. The molecule has 166 valence electrons. The Morgan fingerprint density at radius 2 is 1.94 bits per heavy atom. The maximum absolute atomic E-state index is 12.5. The fourth-order valence-electron chi connectivity index (χ4n) is 3.41. The number of benzene rings is 1. The van der Waals surface area contributed by atoms with Crippen molar-refractivity contribution in [1.29, 1.82) is 0 Å². The van der Waals surface area contributed by atoms with Gasteiger partial charge in [0.15, 0.2) is 12.2 Å². The van der Waals surface area contributed by atoms with E-state index in [0.717, 1.165) is 5.57 Å². The molecule has 3 unspecified atom stereocenters. The highest BCUT2D eigenvalue weighted by atomic mass is 16.6. The molecule has 0 saturated heterocycles. The van der Waals surface area contributed by atoms with Crippen LogP contribution >= 0.6 is 0 Å². The van der Waals surface area contributed by atoms with Gasteiger partial charge in [-0.05, 0) is 46.2 Å². The van der Waals surface area contributed by atoms with Crippen molar-refractivity contribution in [3.63, 3.8) is 0 Å². The Morgan fingerprint density at radius 3 is 2.58 bits per heavy atom. The van der Waals surface area contributed by atoms with Gasteiger partial charge in [-0.1, -0.05) is 19.4 Å². The molecule has 0 spiro atoms. The molecule has 0 bridgehead atoms. The van der Waals surface area contributed by atoms with E-state index in [1.54, 1.807) is 52.8 Å². The van der Waals surface area contributed by atoms with Crippen molar-refractivity contribution >= 4 is 22.9 Å². The molecule has 31 heavy (non-hydrogen) atoms. The van der Waals surface area contributed by atoms with Gasteiger partial charge in [0, 0.05) is 29.2 Å². The molecule has 1 aliphatic heterocycles. The summed E-state index contributed by atoms with van der Waals surface area (Å²) in [5, 5.41) is 0.667. The largest absolute Gasteiger partial charge is 0.481 e. The van der Waals surface area contributed by atoms with Gasteiger partial charge < -0.3 is 18.6 Å². The molecule has 3 rings (SSSR count). The molecule has 2 heterocycles. The smallest absolute Gasteiger partial charge is 0.336 e. The second kappa shape index (κ2) is 8.57. The van der Waals surface area contributed by atoms with Gasteiger partial charge in [0.05, 0.1) is 5.92 Å².